The molecule has 1 aliphatic heterocycles. The Morgan fingerprint density at radius 3 is 2.71 bits per heavy atom. The van der Waals surface area contributed by atoms with Crippen LogP contribution in [0, 0.1) is 0 Å². The van der Waals surface area contributed by atoms with Gasteiger partial charge in [0.1, 0.15) is 4.21 Å². The van der Waals surface area contributed by atoms with Crippen molar-refractivity contribution in [1.82, 2.24) is 4.72 Å². The highest BCUT2D eigenvalue weighted by atomic mass is 32.2. The molecule has 0 saturated carbocycles. The van der Waals surface area contributed by atoms with Crippen LogP contribution in [0.25, 0.3) is 0 Å². The van der Waals surface area contributed by atoms with Crippen LogP contribution in [0.1, 0.15) is 44.4 Å². The lowest BCUT2D eigenvalue weighted by Gasteiger charge is -2.40. The Bertz CT molecular complexity index is 563. The van der Waals surface area contributed by atoms with E-state index in [9.17, 15) is 8.42 Å². The predicted octanol–water partition coefficient (Wildman–Crippen LogP) is 2.26. The molecular formula is C14H23NO4S2. The van der Waals surface area contributed by atoms with Crippen LogP contribution in [-0.4, -0.2) is 31.8 Å². The minimum absolute atomic E-state index is 0.0941. The van der Waals surface area contributed by atoms with Gasteiger partial charge in [0.2, 0.25) is 10.0 Å². The molecule has 2 rings (SSSR count). The topological polar surface area (TPSA) is 75.6 Å². The highest BCUT2D eigenvalue weighted by Crippen LogP contribution is 2.32. The van der Waals surface area contributed by atoms with Gasteiger partial charge in [0.15, 0.2) is 0 Å². The van der Waals surface area contributed by atoms with Crippen molar-refractivity contribution >= 4 is 21.4 Å². The van der Waals surface area contributed by atoms with Gasteiger partial charge in [-0.25, -0.2) is 13.1 Å². The molecule has 0 radical (unpaired) electrons. The van der Waals surface area contributed by atoms with E-state index in [4.69, 9.17) is 9.84 Å². The number of ether oxygens (including phenoxy) is 1. The summed E-state index contributed by atoms with van der Waals surface area (Å²) in [4.78, 5) is 0.652. The molecular weight excluding hydrogens is 310 g/mol. The fraction of sp³-hybridized carbons (Fsp3) is 0.714. The second-order valence-corrected chi connectivity index (χ2v) is 8.54. The SMILES string of the molecule is CCC1(CC)CC(NS(=O)(=O)c2ccc(CO)s2)CCO1. The van der Waals surface area contributed by atoms with Gasteiger partial charge in [-0.15, -0.1) is 11.3 Å². The zero-order chi connectivity index (χ0) is 15.5. The first-order valence-electron chi connectivity index (χ1n) is 7.30. The average molecular weight is 333 g/mol. The van der Waals surface area contributed by atoms with Crippen molar-refractivity contribution in [2.75, 3.05) is 6.61 Å². The minimum Gasteiger partial charge on any atom is -0.391 e. The van der Waals surface area contributed by atoms with Gasteiger partial charge in [-0.1, -0.05) is 13.8 Å². The molecule has 1 fully saturated rings. The van der Waals surface area contributed by atoms with E-state index in [0.29, 0.717) is 24.3 Å². The Morgan fingerprint density at radius 2 is 2.14 bits per heavy atom. The molecule has 1 aromatic heterocycles. The zero-order valence-corrected chi connectivity index (χ0v) is 14.1. The average Bonchev–Trinajstić information content (AvgIpc) is 2.97. The summed E-state index contributed by atoms with van der Waals surface area (Å²) in [5, 5.41) is 9.05. The largest absolute Gasteiger partial charge is 0.391 e. The van der Waals surface area contributed by atoms with Gasteiger partial charge in [0.25, 0.3) is 0 Å². The second-order valence-electron chi connectivity index (χ2n) is 5.43. The van der Waals surface area contributed by atoms with E-state index >= 15 is 0 Å². The van der Waals surface area contributed by atoms with Gasteiger partial charge in [0, 0.05) is 17.5 Å². The van der Waals surface area contributed by atoms with Crippen molar-refractivity contribution < 1.29 is 18.3 Å². The van der Waals surface area contributed by atoms with E-state index in [1.807, 2.05) is 0 Å². The smallest absolute Gasteiger partial charge is 0.250 e. The maximum atomic E-state index is 12.4. The minimum atomic E-state index is -3.51. The van der Waals surface area contributed by atoms with Crippen LogP contribution < -0.4 is 4.72 Å². The first-order chi connectivity index (χ1) is 9.94. The molecule has 0 aliphatic carbocycles. The molecule has 2 N–H and O–H groups in total. The van der Waals surface area contributed by atoms with Gasteiger partial charge in [-0.3, -0.25) is 0 Å². The molecule has 0 amide bonds. The van der Waals surface area contributed by atoms with Crippen LogP contribution in [0.3, 0.4) is 0 Å². The Kier molecular flexibility index (Phi) is 5.43. The molecule has 5 nitrogen and oxygen atoms in total. The third kappa shape index (κ3) is 3.84. The van der Waals surface area contributed by atoms with E-state index in [-0.39, 0.29) is 22.5 Å². The number of rotatable bonds is 6. The molecule has 2 heterocycles. The normalized spacial score (nSPS) is 22.3. The Hall–Kier alpha value is -0.470. The van der Waals surface area contributed by atoms with Gasteiger partial charge in [-0.05, 0) is 37.8 Å². The third-order valence-corrected chi connectivity index (χ3v) is 7.24. The van der Waals surface area contributed by atoms with E-state index in [2.05, 4.69) is 18.6 Å². The molecule has 0 bridgehead atoms. The number of hydrogen-bond donors (Lipinski definition) is 2. The van der Waals surface area contributed by atoms with Crippen LogP contribution in [0.5, 0.6) is 0 Å². The molecule has 7 heteroatoms. The Morgan fingerprint density at radius 1 is 1.43 bits per heavy atom. The van der Waals surface area contributed by atoms with Crippen LogP contribution in [0.15, 0.2) is 16.3 Å². The van der Waals surface area contributed by atoms with E-state index in [0.717, 1.165) is 24.2 Å². The summed E-state index contributed by atoms with van der Waals surface area (Å²) in [6.07, 6.45) is 3.17. The molecule has 1 atom stereocenters. The van der Waals surface area contributed by atoms with Crippen molar-refractivity contribution in [2.24, 2.45) is 0 Å². The summed E-state index contributed by atoms with van der Waals surface area (Å²) in [5.74, 6) is 0. The fourth-order valence-corrected chi connectivity index (χ4v) is 5.24. The van der Waals surface area contributed by atoms with Crippen molar-refractivity contribution in [2.45, 2.75) is 62.0 Å². The van der Waals surface area contributed by atoms with Crippen molar-refractivity contribution in [3.63, 3.8) is 0 Å². The summed E-state index contributed by atoms with van der Waals surface area (Å²) in [6.45, 7) is 4.60. The number of sulfonamides is 1. The molecule has 1 unspecified atom stereocenters. The third-order valence-electron chi connectivity index (χ3n) is 4.16. The predicted molar refractivity (Wildman–Crippen MR) is 82.9 cm³/mol. The van der Waals surface area contributed by atoms with Crippen molar-refractivity contribution in [1.29, 1.82) is 0 Å². The first kappa shape index (κ1) is 16.9. The highest BCUT2D eigenvalue weighted by molar-refractivity contribution is 7.91. The summed E-state index contributed by atoms with van der Waals surface area (Å²) in [7, 11) is -3.51. The van der Waals surface area contributed by atoms with Crippen LogP contribution in [0.2, 0.25) is 0 Å². The van der Waals surface area contributed by atoms with Gasteiger partial charge >= 0.3 is 0 Å². The lowest BCUT2D eigenvalue weighted by molar-refractivity contribution is -0.0905. The van der Waals surface area contributed by atoms with Gasteiger partial charge in [0.05, 0.1) is 12.2 Å². The summed E-state index contributed by atoms with van der Waals surface area (Å²) >= 11 is 1.11. The number of aliphatic hydroxyl groups excluding tert-OH is 1. The molecule has 0 spiro atoms. The summed E-state index contributed by atoms with van der Waals surface area (Å²) in [6, 6.07) is 3.10. The van der Waals surface area contributed by atoms with Gasteiger partial charge in [-0.2, -0.15) is 0 Å². The highest BCUT2D eigenvalue weighted by Gasteiger charge is 2.36. The van der Waals surface area contributed by atoms with E-state index in [1.165, 1.54) is 0 Å². The molecule has 1 aromatic rings. The standard InChI is InChI=1S/C14H23NO4S2/c1-3-14(4-2)9-11(7-8-19-14)15-21(17,18)13-6-5-12(10-16)20-13/h5-6,11,15-16H,3-4,7-10H2,1-2H3. The van der Waals surface area contributed by atoms with Crippen LogP contribution in [0.4, 0.5) is 0 Å². The fourth-order valence-electron chi connectivity index (χ4n) is 2.74. The molecule has 21 heavy (non-hydrogen) atoms. The van der Waals surface area contributed by atoms with Gasteiger partial charge < -0.3 is 9.84 Å². The Balaban J connectivity index is 2.09. The Labute approximate surface area is 130 Å². The van der Waals surface area contributed by atoms with Crippen LogP contribution in [-0.2, 0) is 21.4 Å². The van der Waals surface area contributed by atoms with Crippen molar-refractivity contribution in [3.05, 3.63) is 17.0 Å². The molecule has 120 valence electrons. The maximum absolute atomic E-state index is 12.4. The first-order valence-corrected chi connectivity index (χ1v) is 9.60. The zero-order valence-electron chi connectivity index (χ0n) is 12.5. The molecule has 0 aromatic carbocycles. The summed E-state index contributed by atoms with van der Waals surface area (Å²) < 4.78 is 33.7. The number of hydrogen-bond acceptors (Lipinski definition) is 5. The quantitative estimate of drug-likeness (QED) is 0.837. The van der Waals surface area contributed by atoms with Crippen LogP contribution >= 0.6 is 11.3 Å². The second kappa shape index (κ2) is 6.75. The van der Waals surface area contributed by atoms with Crippen molar-refractivity contribution in [3.8, 4) is 0 Å². The monoisotopic (exact) mass is 333 g/mol. The lowest BCUT2D eigenvalue weighted by atomic mass is 9.86. The molecule has 1 aliphatic rings. The number of aliphatic hydroxyl groups is 1. The number of nitrogens with one attached hydrogen (secondary N) is 1. The van der Waals surface area contributed by atoms with E-state index in [1.54, 1.807) is 12.1 Å². The van der Waals surface area contributed by atoms with E-state index < -0.39 is 10.0 Å². The lowest BCUT2D eigenvalue weighted by Crippen LogP contribution is -2.47. The molecule has 1 saturated heterocycles. The number of thiophene rings is 1. The summed E-state index contributed by atoms with van der Waals surface area (Å²) in [5.41, 5.74) is -0.211. The maximum Gasteiger partial charge on any atom is 0.250 e.